The second-order valence-electron chi connectivity index (χ2n) is 4.95. The molecule has 0 fully saturated rings. The molecule has 19 heavy (non-hydrogen) atoms. The Bertz CT molecular complexity index is 604. The fraction of sp³-hybridized carbons (Fsp3) is 0.538. The molecular weight excluding hydrogens is 246 g/mol. The zero-order valence-corrected chi connectivity index (χ0v) is 11.3. The molecule has 6 heteroatoms. The molecule has 0 saturated carbocycles. The lowest BCUT2D eigenvalue weighted by atomic mass is 9.87. The van der Waals surface area contributed by atoms with E-state index in [1.165, 1.54) is 13.8 Å². The van der Waals surface area contributed by atoms with Gasteiger partial charge in [-0.15, -0.1) is 0 Å². The third kappa shape index (κ3) is 2.43. The van der Waals surface area contributed by atoms with Gasteiger partial charge in [-0.2, -0.15) is 9.78 Å². The number of fused-ring (bicyclic) bond motifs is 1. The van der Waals surface area contributed by atoms with Crippen LogP contribution in [0, 0.1) is 0 Å². The van der Waals surface area contributed by atoms with Gasteiger partial charge in [-0.3, -0.25) is 14.4 Å². The largest absolute Gasteiger partial charge is 0.321 e. The molecule has 1 aliphatic rings. The molecule has 0 aliphatic heterocycles. The molecule has 1 N–H and O–H groups in total. The van der Waals surface area contributed by atoms with E-state index in [2.05, 4.69) is 10.4 Å². The van der Waals surface area contributed by atoms with Crippen LogP contribution in [-0.4, -0.2) is 21.6 Å². The molecule has 0 radical (unpaired) electrons. The van der Waals surface area contributed by atoms with Gasteiger partial charge in [0, 0.05) is 25.3 Å². The first-order chi connectivity index (χ1) is 8.91. The molecular formula is C13H17N3O3. The van der Waals surface area contributed by atoms with Gasteiger partial charge in [-0.25, -0.2) is 0 Å². The first-order valence-corrected chi connectivity index (χ1v) is 6.36. The Kier molecular flexibility index (Phi) is 3.50. The summed E-state index contributed by atoms with van der Waals surface area (Å²) in [7, 11) is 0. The lowest BCUT2D eigenvalue weighted by Gasteiger charge is -2.23. The fourth-order valence-corrected chi connectivity index (χ4v) is 2.47. The van der Waals surface area contributed by atoms with Crippen molar-refractivity contribution >= 4 is 17.5 Å². The number of aromatic nitrogens is 2. The van der Waals surface area contributed by atoms with Gasteiger partial charge in [-0.05, 0) is 19.3 Å². The third-order valence-electron chi connectivity index (χ3n) is 3.35. The maximum atomic E-state index is 12.2. The molecule has 0 aromatic carbocycles. The normalized spacial score (nSPS) is 17.7. The van der Waals surface area contributed by atoms with Gasteiger partial charge in [-0.1, -0.05) is 6.92 Å². The van der Waals surface area contributed by atoms with Crippen LogP contribution in [0.15, 0.2) is 4.79 Å². The monoisotopic (exact) mass is 263 g/mol. The van der Waals surface area contributed by atoms with Crippen molar-refractivity contribution in [1.29, 1.82) is 0 Å². The average Bonchev–Trinajstić information content (AvgIpc) is 2.32. The minimum absolute atomic E-state index is 0.183. The van der Waals surface area contributed by atoms with Crippen molar-refractivity contribution in [3.05, 3.63) is 21.6 Å². The second-order valence-corrected chi connectivity index (χ2v) is 4.95. The van der Waals surface area contributed by atoms with Crippen molar-refractivity contribution < 1.29 is 9.59 Å². The molecule has 1 atom stereocenters. The number of hydrogen-bond acceptors (Lipinski definition) is 4. The van der Waals surface area contributed by atoms with Gasteiger partial charge in [0.25, 0.3) is 5.56 Å². The Morgan fingerprint density at radius 2 is 2.05 bits per heavy atom. The Hall–Kier alpha value is -1.98. The highest BCUT2D eigenvalue weighted by Gasteiger charge is 2.25. The molecule has 1 aromatic heterocycles. The molecule has 1 heterocycles. The Morgan fingerprint density at radius 1 is 1.37 bits per heavy atom. The van der Waals surface area contributed by atoms with Crippen molar-refractivity contribution in [2.24, 2.45) is 0 Å². The topological polar surface area (TPSA) is 81.1 Å². The Balaban J connectivity index is 2.71. The molecule has 2 rings (SSSR count). The lowest BCUT2D eigenvalue weighted by molar-refractivity contribution is -0.114. The highest BCUT2D eigenvalue weighted by atomic mass is 16.2. The van der Waals surface area contributed by atoms with E-state index in [9.17, 15) is 14.4 Å². The molecule has 102 valence electrons. The van der Waals surface area contributed by atoms with Gasteiger partial charge < -0.3 is 5.32 Å². The third-order valence-corrected chi connectivity index (χ3v) is 3.35. The summed E-state index contributed by atoms with van der Waals surface area (Å²) in [6.07, 6.45) is 2.62. The summed E-state index contributed by atoms with van der Waals surface area (Å²) < 4.78 is 0.839. The van der Waals surface area contributed by atoms with Crippen molar-refractivity contribution in [2.75, 3.05) is 5.32 Å². The standard InChI is InChI=1S/C13H17N3O3/c1-7-5-4-6-10-11(7)15-16(9(3)18)13(19)12(10)14-8(2)17/h7H,4-6H2,1-3H3,(H,14,17). The van der Waals surface area contributed by atoms with Gasteiger partial charge >= 0.3 is 0 Å². The number of nitrogens with one attached hydrogen (secondary N) is 1. The summed E-state index contributed by atoms with van der Waals surface area (Å²) in [6, 6.07) is 0. The number of carbonyl (C=O) groups excluding carboxylic acids is 2. The predicted octanol–water partition coefficient (Wildman–Crippen LogP) is 1.30. The molecule has 0 spiro atoms. The zero-order valence-electron chi connectivity index (χ0n) is 11.3. The lowest BCUT2D eigenvalue weighted by Crippen LogP contribution is -2.34. The minimum Gasteiger partial charge on any atom is -0.321 e. The van der Waals surface area contributed by atoms with E-state index >= 15 is 0 Å². The SMILES string of the molecule is CC(=O)Nc1c2c(nn(C(C)=O)c1=O)C(C)CCC2. The zero-order chi connectivity index (χ0) is 14.2. The van der Waals surface area contributed by atoms with Crippen LogP contribution in [0.25, 0.3) is 0 Å². The van der Waals surface area contributed by atoms with Crippen molar-refractivity contribution in [2.45, 2.75) is 46.0 Å². The number of rotatable bonds is 1. The summed E-state index contributed by atoms with van der Waals surface area (Å²) >= 11 is 0. The number of nitrogens with zero attached hydrogens (tertiary/aromatic N) is 2. The second kappa shape index (κ2) is 4.95. The minimum atomic E-state index is -0.546. The number of anilines is 1. The summed E-state index contributed by atoms with van der Waals surface area (Å²) in [4.78, 5) is 34.9. The summed E-state index contributed by atoms with van der Waals surface area (Å²) in [5.41, 5.74) is 1.18. The van der Waals surface area contributed by atoms with Crippen molar-refractivity contribution in [1.82, 2.24) is 9.78 Å². The summed E-state index contributed by atoms with van der Waals surface area (Å²) in [5.74, 6) is -0.585. The van der Waals surface area contributed by atoms with Crippen LogP contribution >= 0.6 is 0 Å². The van der Waals surface area contributed by atoms with Crippen LogP contribution in [0.3, 0.4) is 0 Å². The number of hydrogen-bond donors (Lipinski definition) is 1. The quantitative estimate of drug-likeness (QED) is 0.828. The van der Waals surface area contributed by atoms with Gasteiger partial charge in [0.1, 0.15) is 5.69 Å². The maximum Gasteiger partial charge on any atom is 0.298 e. The van der Waals surface area contributed by atoms with E-state index in [1.807, 2.05) is 6.92 Å². The molecule has 1 aliphatic carbocycles. The first-order valence-electron chi connectivity index (χ1n) is 6.36. The number of amides is 1. The van der Waals surface area contributed by atoms with Crippen LogP contribution in [0.5, 0.6) is 0 Å². The van der Waals surface area contributed by atoms with Crippen molar-refractivity contribution in [3.8, 4) is 0 Å². The fourth-order valence-electron chi connectivity index (χ4n) is 2.47. The van der Waals surface area contributed by atoms with Gasteiger partial charge in [0.2, 0.25) is 11.8 Å². The number of carbonyl (C=O) groups is 2. The van der Waals surface area contributed by atoms with E-state index in [0.29, 0.717) is 6.42 Å². The van der Waals surface area contributed by atoms with Crippen LogP contribution in [0.2, 0.25) is 0 Å². The Labute approximate surface area is 110 Å². The molecule has 1 amide bonds. The van der Waals surface area contributed by atoms with Crippen molar-refractivity contribution in [3.63, 3.8) is 0 Å². The van der Waals surface area contributed by atoms with E-state index < -0.39 is 11.5 Å². The molecule has 0 saturated heterocycles. The molecule has 0 bridgehead atoms. The van der Waals surface area contributed by atoms with E-state index in [0.717, 1.165) is 28.8 Å². The predicted molar refractivity (Wildman–Crippen MR) is 70.5 cm³/mol. The Morgan fingerprint density at radius 3 is 2.63 bits per heavy atom. The van der Waals surface area contributed by atoms with Crippen LogP contribution in [-0.2, 0) is 11.2 Å². The molecule has 1 aromatic rings. The summed E-state index contributed by atoms with van der Waals surface area (Å²) in [5, 5.41) is 6.72. The molecule has 1 unspecified atom stereocenters. The first kappa shape index (κ1) is 13.5. The van der Waals surface area contributed by atoms with E-state index in [-0.39, 0.29) is 17.5 Å². The van der Waals surface area contributed by atoms with Crippen LogP contribution in [0.4, 0.5) is 5.69 Å². The van der Waals surface area contributed by atoms with Crippen LogP contribution < -0.4 is 10.9 Å². The van der Waals surface area contributed by atoms with E-state index in [1.54, 1.807) is 0 Å². The smallest absolute Gasteiger partial charge is 0.298 e. The molecule has 6 nitrogen and oxygen atoms in total. The van der Waals surface area contributed by atoms with Gasteiger partial charge in [0.15, 0.2) is 0 Å². The van der Waals surface area contributed by atoms with E-state index in [4.69, 9.17) is 0 Å². The highest BCUT2D eigenvalue weighted by molar-refractivity contribution is 5.90. The highest BCUT2D eigenvalue weighted by Crippen LogP contribution is 2.31. The average molecular weight is 263 g/mol. The maximum absolute atomic E-state index is 12.2. The van der Waals surface area contributed by atoms with Gasteiger partial charge in [0.05, 0.1) is 5.69 Å². The van der Waals surface area contributed by atoms with Crippen LogP contribution in [0.1, 0.15) is 55.6 Å². The summed E-state index contributed by atoms with van der Waals surface area (Å²) in [6.45, 7) is 4.64.